The number of likely N-dealkylation sites (tertiary alicyclic amines) is 1. The molecule has 5 heteroatoms. The van der Waals surface area contributed by atoms with Crippen molar-refractivity contribution in [1.29, 1.82) is 0 Å². The van der Waals surface area contributed by atoms with Gasteiger partial charge in [-0.3, -0.25) is 0 Å². The van der Waals surface area contributed by atoms with Crippen molar-refractivity contribution in [1.82, 2.24) is 4.90 Å². The Kier molecular flexibility index (Phi) is 4.13. The molecule has 2 aliphatic heterocycles. The molecule has 108 valence electrons. The topological polar surface area (TPSA) is 41.6 Å². The summed E-state index contributed by atoms with van der Waals surface area (Å²) in [4.78, 5) is 14.2. The lowest BCUT2D eigenvalue weighted by atomic mass is 9.89. The molecule has 0 unspecified atom stereocenters. The van der Waals surface area contributed by atoms with E-state index in [0.717, 1.165) is 39.0 Å². The molecular formula is C15H19ClN2O2. The number of carbonyl (C=O) groups excluding carboxylic acids is 1. The molecule has 2 aliphatic rings. The normalized spacial score (nSPS) is 25.9. The van der Waals surface area contributed by atoms with Crippen LogP contribution >= 0.6 is 11.6 Å². The van der Waals surface area contributed by atoms with Gasteiger partial charge in [0.1, 0.15) is 0 Å². The zero-order chi connectivity index (χ0) is 13.9. The minimum absolute atomic E-state index is 0.0675. The first kappa shape index (κ1) is 13.7. The van der Waals surface area contributed by atoms with Gasteiger partial charge in [0.05, 0.1) is 16.8 Å². The first-order valence-corrected chi connectivity index (χ1v) is 7.54. The van der Waals surface area contributed by atoms with Gasteiger partial charge in [-0.15, -0.1) is 0 Å². The van der Waals surface area contributed by atoms with Crippen molar-refractivity contribution in [2.24, 2.45) is 5.92 Å². The molecule has 2 saturated heterocycles. The fourth-order valence-corrected chi connectivity index (χ4v) is 3.21. The molecule has 0 aromatic heterocycles. The number of amides is 2. The number of nitrogens with one attached hydrogen (secondary N) is 1. The molecule has 1 aromatic carbocycles. The van der Waals surface area contributed by atoms with E-state index >= 15 is 0 Å². The average Bonchev–Trinajstić information content (AvgIpc) is 2.49. The van der Waals surface area contributed by atoms with E-state index in [1.165, 1.54) is 0 Å². The molecule has 0 radical (unpaired) electrons. The number of para-hydroxylation sites is 1. The summed E-state index contributed by atoms with van der Waals surface area (Å²) in [5.74, 6) is 0.481. The van der Waals surface area contributed by atoms with Gasteiger partial charge >= 0.3 is 6.03 Å². The summed E-state index contributed by atoms with van der Waals surface area (Å²) in [6.45, 7) is 2.39. The molecule has 0 spiro atoms. The number of hydrogen-bond acceptors (Lipinski definition) is 2. The number of ether oxygens (including phenoxy) is 1. The molecule has 0 aliphatic carbocycles. The molecular weight excluding hydrogens is 276 g/mol. The average molecular weight is 295 g/mol. The zero-order valence-corrected chi connectivity index (χ0v) is 12.1. The predicted octanol–water partition coefficient (Wildman–Crippen LogP) is 3.37. The third kappa shape index (κ3) is 2.91. The van der Waals surface area contributed by atoms with E-state index < -0.39 is 0 Å². The number of fused-ring (bicyclic) bond motifs is 1. The number of nitrogens with zero attached hydrogens (tertiary/aromatic N) is 1. The van der Waals surface area contributed by atoms with Crippen LogP contribution in [-0.4, -0.2) is 36.7 Å². The molecule has 20 heavy (non-hydrogen) atoms. The lowest BCUT2D eigenvalue weighted by molar-refractivity contribution is -0.0578. The molecule has 2 heterocycles. The van der Waals surface area contributed by atoms with E-state index in [1.54, 1.807) is 6.07 Å². The zero-order valence-electron chi connectivity index (χ0n) is 11.3. The maximum Gasteiger partial charge on any atom is 0.321 e. The van der Waals surface area contributed by atoms with Gasteiger partial charge in [-0.1, -0.05) is 23.7 Å². The summed E-state index contributed by atoms with van der Waals surface area (Å²) in [6, 6.07) is 7.24. The van der Waals surface area contributed by atoms with Gasteiger partial charge in [0.2, 0.25) is 0 Å². The number of carbonyl (C=O) groups is 1. The second kappa shape index (κ2) is 6.02. The monoisotopic (exact) mass is 294 g/mol. The fraction of sp³-hybridized carbons (Fsp3) is 0.533. The summed E-state index contributed by atoms with van der Waals surface area (Å²) in [5.41, 5.74) is 0.668. The van der Waals surface area contributed by atoms with Crippen molar-refractivity contribution >= 4 is 23.3 Å². The third-order valence-electron chi connectivity index (χ3n) is 4.12. The third-order valence-corrected chi connectivity index (χ3v) is 4.45. The van der Waals surface area contributed by atoms with E-state index in [4.69, 9.17) is 16.3 Å². The molecule has 1 aromatic rings. The number of hydrogen-bond donors (Lipinski definition) is 1. The van der Waals surface area contributed by atoms with Crippen molar-refractivity contribution in [3.63, 3.8) is 0 Å². The summed E-state index contributed by atoms with van der Waals surface area (Å²) >= 11 is 6.06. The van der Waals surface area contributed by atoms with E-state index in [9.17, 15) is 4.79 Å². The van der Waals surface area contributed by atoms with Crippen LogP contribution in [0.4, 0.5) is 10.5 Å². The van der Waals surface area contributed by atoms with E-state index in [-0.39, 0.29) is 6.03 Å². The van der Waals surface area contributed by atoms with Crippen LogP contribution in [0.3, 0.4) is 0 Å². The van der Waals surface area contributed by atoms with Gasteiger partial charge in [0.15, 0.2) is 0 Å². The number of rotatable bonds is 1. The van der Waals surface area contributed by atoms with Crippen LogP contribution in [0.2, 0.25) is 5.02 Å². The van der Waals surface area contributed by atoms with Gasteiger partial charge < -0.3 is 15.0 Å². The predicted molar refractivity (Wildman–Crippen MR) is 79.1 cm³/mol. The van der Waals surface area contributed by atoms with Crippen molar-refractivity contribution in [2.75, 3.05) is 25.0 Å². The lowest BCUT2D eigenvalue weighted by Crippen LogP contribution is -2.49. The highest BCUT2D eigenvalue weighted by Gasteiger charge is 2.33. The Morgan fingerprint density at radius 1 is 1.35 bits per heavy atom. The smallest absolute Gasteiger partial charge is 0.321 e. The Morgan fingerprint density at radius 2 is 2.20 bits per heavy atom. The van der Waals surface area contributed by atoms with Gasteiger partial charge in [-0.25, -0.2) is 4.79 Å². The van der Waals surface area contributed by atoms with Crippen molar-refractivity contribution in [3.05, 3.63) is 29.3 Å². The maximum absolute atomic E-state index is 12.3. The second-order valence-corrected chi connectivity index (χ2v) is 5.86. The highest BCUT2D eigenvalue weighted by molar-refractivity contribution is 6.33. The lowest BCUT2D eigenvalue weighted by Gasteiger charge is -2.40. The number of anilines is 1. The standard InChI is InChI=1S/C15H19ClN2O2/c16-12-5-1-2-6-13(12)17-15(19)18-8-7-14-11(10-18)4-3-9-20-14/h1-2,5-6,11,14H,3-4,7-10H2,(H,17,19)/t11-,14-/m0/s1. The molecule has 1 N–H and O–H groups in total. The fourth-order valence-electron chi connectivity index (χ4n) is 3.03. The Balaban J connectivity index is 1.62. The number of urea groups is 1. The molecule has 2 fully saturated rings. The Hall–Kier alpha value is -1.26. The van der Waals surface area contributed by atoms with Gasteiger partial charge in [-0.2, -0.15) is 0 Å². The van der Waals surface area contributed by atoms with Crippen LogP contribution < -0.4 is 5.32 Å². The van der Waals surface area contributed by atoms with Crippen molar-refractivity contribution < 1.29 is 9.53 Å². The van der Waals surface area contributed by atoms with Crippen LogP contribution in [-0.2, 0) is 4.74 Å². The highest BCUT2D eigenvalue weighted by Crippen LogP contribution is 2.29. The Labute approximate surface area is 124 Å². The van der Waals surface area contributed by atoms with Gasteiger partial charge in [0, 0.05) is 25.6 Å². The minimum Gasteiger partial charge on any atom is -0.378 e. The van der Waals surface area contributed by atoms with Crippen LogP contribution in [0.25, 0.3) is 0 Å². The first-order chi connectivity index (χ1) is 9.74. The first-order valence-electron chi connectivity index (χ1n) is 7.16. The molecule has 0 saturated carbocycles. The quantitative estimate of drug-likeness (QED) is 0.863. The summed E-state index contributed by atoms with van der Waals surface area (Å²) in [6.07, 6.45) is 3.52. The van der Waals surface area contributed by atoms with Crippen LogP contribution in [0, 0.1) is 5.92 Å². The molecule has 0 bridgehead atoms. The minimum atomic E-state index is -0.0675. The van der Waals surface area contributed by atoms with E-state index in [1.807, 2.05) is 23.1 Å². The summed E-state index contributed by atoms with van der Waals surface area (Å²) < 4.78 is 5.77. The largest absolute Gasteiger partial charge is 0.378 e. The Morgan fingerprint density at radius 3 is 3.05 bits per heavy atom. The van der Waals surface area contributed by atoms with Gasteiger partial charge in [0.25, 0.3) is 0 Å². The van der Waals surface area contributed by atoms with Gasteiger partial charge in [-0.05, 0) is 31.4 Å². The summed E-state index contributed by atoms with van der Waals surface area (Å²) in [5, 5.41) is 3.46. The Bertz CT molecular complexity index is 495. The maximum atomic E-state index is 12.3. The number of piperidine rings is 1. The highest BCUT2D eigenvalue weighted by atomic mass is 35.5. The van der Waals surface area contributed by atoms with E-state index in [0.29, 0.717) is 22.7 Å². The van der Waals surface area contributed by atoms with Crippen LogP contribution in [0.1, 0.15) is 19.3 Å². The van der Waals surface area contributed by atoms with Crippen molar-refractivity contribution in [3.8, 4) is 0 Å². The molecule has 2 atom stereocenters. The SMILES string of the molecule is O=C(Nc1ccccc1Cl)N1CC[C@@H]2OCCC[C@H]2C1. The van der Waals surface area contributed by atoms with Crippen LogP contribution in [0.15, 0.2) is 24.3 Å². The molecule has 4 nitrogen and oxygen atoms in total. The van der Waals surface area contributed by atoms with Crippen LogP contribution in [0.5, 0.6) is 0 Å². The second-order valence-electron chi connectivity index (χ2n) is 5.46. The number of halogens is 1. The number of benzene rings is 1. The van der Waals surface area contributed by atoms with E-state index in [2.05, 4.69) is 5.32 Å². The molecule has 3 rings (SSSR count). The summed E-state index contributed by atoms with van der Waals surface area (Å²) in [7, 11) is 0. The molecule has 2 amide bonds. The van der Waals surface area contributed by atoms with Crippen molar-refractivity contribution in [2.45, 2.75) is 25.4 Å².